The molecule has 1 amide bonds. The van der Waals surface area contributed by atoms with Gasteiger partial charge in [0.05, 0.1) is 4.90 Å². The predicted molar refractivity (Wildman–Crippen MR) is 72.0 cm³/mol. The molecule has 0 aromatic heterocycles. The largest absolute Gasteiger partial charge is 0.343 e. The lowest BCUT2D eigenvalue weighted by Crippen LogP contribution is -2.45. The molecule has 0 saturated carbocycles. The second-order valence-electron chi connectivity index (χ2n) is 5.01. The number of nitrogens with one attached hydrogen (secondary N) is 1. The van der Waals surface area contributed by atoms with Gasteiger partial charge < -0.3 is 4.90 Å². The minimum atomic E-state index is -3.98. The summed E-state index contributed by atoms with van der Waals surface area (Å²) in [5.41, 5.74) is 0. The number of rotatable bonds is 3. The molecule has 5 nitrogen and oxygen atoms in total. The van der Waals surface area contributed by atoms with Crippen LogP contribution < -0.4 is 4.72 Å². The summed E-state index contributed by atoms with van der Waals surface area (Å²) in [4.78, 5) is 12.4. The molecule has 116 valence electrons. The maximum Gasteiger partial charge on any atom is 0.241 e. The van der Waals surface area contributed by atoms with Gasteiger partial charge in [-0.05, 0) is 25.0 Å². The number of amides is 1. The van der Waals surface area contributed by atoms with E-state index in [9.17, 15) is 22.0 Å². The standard InChI is InChI=1S/C13H16F2N2O3S/c1-9(18)17-4-2-12(3-5-17)16-21(19,20)13-7-10(14)6-11(15)8-13/h6-8,12,16H,2-5H2,1H3. The Hall–Kier alpha value is -1.54. The van der Waals surface area contributed by atoms with Crippen LogP contribution in [-0.2, 0) is 14.8 Å². The molecule has 0 aliphatic carbocycles. The number of benzene rings is 1. The van der Waals surface area contributed by atoms with Crippen molar-refractivity contribution in [3.63, 3.8) is 0 Å². The maximum absolute atomic E-state index is 13.1. The second-order valence-corrected chi connectivity index (χ2v) is 6.72. The van der Waals surface area contributed by atoms with Crippen LogP contribution in [0.4, 0.5) is 8.78 Å². The molecule has 0 bridgehead atoms. The highest BCUT2D eigenvalue weighted by Gasteiger charge is 2.26. The average Bonchev–Trinajstić information content (AvgIpc) is 2.37. The van der Waals surface area contributed by atoms with Crippen LogP contribution in [0, 0.1) is 11.6 Å². The van der Waals surface area contributed by atoms with Gasteiger partial charge >= 0.3 is 0 Å². The first-order chi connectivity index (χ1) is 9.78. The Morgan fingerprint density at radius 1 is 1.19 bits per heavy atom. The van der Waals surface area contributed by atoms with Gasteiger partial charge in [0.2, 0.25) is 15.9 Å². The van der Waals surface area contributed by atoms with Gasteiger partial charge in [-0.15, -0.1) is 0 Å². The fourth-order valence-corrected chi connectivity index (χ4v) is 3.63. The van der Waals surface area contributed by atoms with E-state index >= 15 is 0 Å². The van der Waals surface area contributed by atoms with E-state index in [1.165, 1.54) is 6.92 Å². The molecule has 0 spiro atoms. The van der Waals surface area contributed by atoms with Gasteiger partial charge in [-0.25, -0.2) is 21.9 Å². The van der Waals surface area contributed by atoms with Gasteiger partial charge in [0.25, 0.3) is 0 Å². The molecular weight excluding hydrogens is 302 g/mol. The number of carbonyl (C=O) groups excluding carboxylic acids is 1. The molecule has 0 unspecified atom stereocenters. The topological polar surface area (TPSA) is 66.5 Å². The van der Waals surface area contributed by atoms with Gasteiger partial charge in [-0.3, -0.25) is 4.79 Å². The highest BCUT2D eigenvalue weighted by Crippen LogP contribution is 2.17. The summed E-state index contributed by atoms with van der Waals surface area (Å²) in [6, 6.07) is 1.81. The van der Waals surface area contributed by atoms with E-state index in [0.29, 0.717) is 32.0 Å². The van der Waals surface area contributed by atoms with Gasteiger partial charge in [-0.1, -0.05) is 0 Å². The Labute approximate surface area is 122 Å². The fourth-order valence-electron chi connectivity index (χ4n) is 2.28. The van der Waals surface area contributed by atoms with Crippen LogP contribution in [0.2, 0.25) is 0 Å². The van der Waals surface area contributed by atoms with E-state index in [2.05, 4.69) is 4.72 Å². The third kappa shape index (κ3) is 3.98. The van der Waals surface area contributed by atoms with Crippen LogP contribution in [0.3, 0.4) is 0 Å². The van der Waals surface area contributed by atoms with Gasteiger partial charge in [0.1, 0.15) is 11.6 Å². The number of nitrogens with zero attached hydrogens (tertiary/aromatic N) is 1. The summed E-state index contributed by atoms with van der Waals surface area (Å²) in [6.45, 7) is 2.38. The third-order valence-corrected chi connectivity index (χ3v) is 4.91. The lowest BCUT2D eigenvalue weighted by Gasteiger charge is -2.31. The number of hydrogen-bond donors (Lipinski definition) is 1. The van der Waals surface area contributed by atoms with E-state index in [1.54, 1.807) is 4.90 Å². The van der Waals surface area contributed by atoms with Crippen LogP contribution in [0.5, 0.6) is 0 Å². The zero-order valence-corrected chi connectivity index (χ0v) is 12.3. The molecule has 1 N–H and O–H groups in total. The van der Waals surface area contributed by atoms with Crippen molar-refractivity contribution in [1.29, 1.82) is 0 Å². The quantitative estimate of drug-likeness (QED) is 0.912. The minimum Gasteiger partial charge on any atom is -0.343 e. The molecule has 1 saturated heterocycles. The number of carbonyl (C=O) groups is 1. The normalized spacial score (nSPS) is 17.0. The highest BCUT2D eigenvalue weighted by molar-refractivity contribution is 7.89. The molecule has 1 aromatic rings. The van der Waals surface area contributed by atoms with Crippen molar-refractivity contribution < 1.29 is 22.0 Å². The zero-order chi connectivity index (χ0) is 15.6. The molecule has 1 aliphatic heterocycles. The van der Waals surface area contributed by atoms with Crippen molar-refractivity contribution in [2.24, 2.45) is 0 Å². The van der Waals surface area contributed by atoms with Crippen LogP contribution in [0.15, 0.2) is 23.1 Å². The summed E-state index contributed by atoms with van der Waals surface area (Å²) in [7, 11) is -3.98. The first kappa shape index (κ1) is 15.8. The summed E-state index contributed by atoms with van der Waals surface area (Å²) in [5.74, 6) is -1.94. The second kappa shape index (κ2) is 6.07. The van der Waals surface area contributed by atoms with Crippen molar-refractivity contribution in [2.75, 3.05) is 13.1 Å². The maximum atomic E-state index is 13.1. The fraction of sp³-hybridized carbons (Fsp3) is 0.462. The SMILES string of the molecule is CC(=O)N1CCC(NS(=O)(=O)c2cc(F)cc(F)c2)CC1. The minimum absolute atomic E-state index is 0.0523. The number of hydrogen-bond acceptors (Lipinski definition) is 3. The monoisotopic (exact) mass is 318 g/mol. The molecule has 8 heteroatoms. The van der Waals surface area contributed by atoms with Gasteiger partial charge in [-0.2, -0.15) is 0 Å². The van der Waals surface area contributed by atoms with Crippen molar-refractivity contribution >= 4 is 15.9 Å². The summed E-state index contributed by atoms with van der Waals surface area (Å²) >= 11 is 0. The smallest absolute Gasteiger partial charge is 0.241 e. The molecule has 1 aromatic carbocycles. The van der Waals surface area contributed by atoms with E-state index in [4.69, 9.17) is 0 Å². The Balaban J connectivity index is 2.07. The Bertz CT molecular complexity index is 621. The van der Waals surface area contributed by atoms with Crippen molar-refractivity contribution in [2.45, 2.75) is 30.7 Å². The van der Waals surface area contributed by atoms with Crippen LogP contribution in [0.1, 0.15) is 19.8 Å². The molecule has 0 radical (unpaired) electrons. The zero-order valence-electron chi connectivity index (χ0n) is 11.5. The van der Waals surface area contributed by atoms with Crippen LogP contribution >= 0.6 is 0 Å². The number of likely N-dealkylation sites (tertiary alicyclic amines) is 1. The van der Waals surface area contributed by atoms with E-state index in [0.717, 1.165) is 12.1 Å². The molecular formula is C13H16F2N2O3S. The summed E-state index contributed by atoms with van der Waals surface area (Å²) in [6.07, 6.45) is 0.938. The predicted octanol–water partition coefficient (Wildman–Crippen LogP) is 1.25. The number of sulfonamides is 1. The van der Waals surface area contributed by atoms with Gasteiger partial charge in [0.15, 0.2) is 0 Å². The highest BCUT2D eigenvalue weighted by atomic mass is 32.2. The first-order valence-electron chi connectivity index (χ1n) is 6.52. The Kier molecular flexibility index (Phi) is 4.58. The molecule has 21 heavy (non-hydrogen) atoms. The van der Waals surface area contributed by atoms with E-state index < -0.39 is 26.6 Å². The molecule has 1 heterocycles. The van der Waals surface area contributed by atoms with Crippen LogP contribution in [0.25, 0.3) is 0 Å². The third-order valence-electron chi connectivity index (χ3n) is 3.41. The van der Waals surface area contributed by atoms with Crippen molar-refractivity contribution in [3.05, 3.63) is 29.8 Å². The molecule has 1 aliphatic rings. The molecule has 1 fully saturated rings. The van der Waals surface area contributed by atoms with Crippen LogP contribution in [-0.4, -0.2) is 38.4 Å². The summed E-state index contributed by atoms with van der Waals surface area (Å²) < 4.78 is 52.8. The molecule has 0 atom stereocenters. The van der Waals surface area contributed by atoms with E-state index in [-0.39, 0.29) is 11.9 Å². The van der Waals surface area contributed by atoms with E-state index in [1.807, 2.05) is 0 Å². The van der Waals surface area contributed by atoms with Gasteiger partial charge in [0, 0.05) is 32.1 Å². The number of piperidine rings is 1. The first-order valence-corrected chi connectivity index (χ1v) is 8.00. The van der Waals surface area contributed by atoms with Crippen molar-refractivity contribution in [1.82, 2.24) is 9.62 Å². The Morgan fingerprint density at radius 2 is 1.71 bits per heavy atom. The summed E-state index contributed by atoms with van der Waals surface area (Å²) in [5, 5.41) is 0. The lowest BCUT2D eigenvalue weighted by atomic mass is 10.1. The molecule has 2 rings (SSSR count). The number of halogens is 2. The average molecular weight is 318 g/mol. The lowest BCUT2D eigenvalue weighted by molar-refractivity contribution is -0.129. The Morgan fingerprint density at radius 3 is 2.19 bits per heavy atom. The van der Waals surface area contributed by atoms with Crippen molar-refractivity contribution in [3.8, 4) is 0 Å².